The lowest BCUT2D eigenvalue weighted by molar-refractivity contribution is -0.138. The second-order valence-corrected chi connectivity index (χ2v) is 4.17. The van der Waals surface area contributed by atoms with Gasteiger partial charge in [-0.25, -0.2) is 0 Å². The molecule has 1 fully saturated rings. The zero-order chi connectivity index (χ0) is 12.8. The molecule has 0 aliphatic carbocycles. The molecule has 0 unspecified atom stereocenters. The lowest BCUT2D eigenvalue weighted by atomic mass is 10.4. The molecule has 0 bridgehead atoms. The van der Waals surface area contributed by atoms with Gasteiger partial charge in [0.2, 0.25) is 5.96 Å². The fraction of sp³-hybridized carbons (Fsp3) is 0.625. The summed E-state index contributed by atoms with van der Waals surface area (Å²) in [5.41, 5.74) is 5.30. The van der Waals surface area contributed by atoms with Crippen molar-refractivity contribution in [2.45, 2.75) is 6.04 Å². The van der Waals surface area contributed by atoms with Crippen molar-refractivity contribution in [3.8, 4) is 0 Å². The highest BCUT2D eigenvalue weighted by atomic mass is 32.2. The van der Waals surface area contributed by atoms with E-state index in [0.717, 1.165) is 11.9 Å². The van der Waals surface area contributed by atoms with Crippen molar-refractivity contribution >= 4 is 29.8 Å². The number of guanidine groups is 1. The SMILES string of the molecule is N[C@H](CSN=C1NCCN1CC(=O)O)C(=O)O. The second-order valence-electron chi connectivity index (χ2n) is 3.40. The zero-order valence-corrected chi connectivity index (χ0v) is 9.81. The molecular weight excluding hydrogens is 248 g/mol. The molecule has 0 aromatic carbocycles. The van der Waals surface area contributed by atoms with E-state index in [0.29, 0.717) is 19.0 Å². The summed E-state index contributed by atoms with van der Waals surface area (Å²) in [5, 5.41) is 20.1. The molecule has 17 heavy (non-hydrogen) atoms. The minimum absolute atomic E-state index is 0.128. The number of carboxylic acids is 2. The standard InChI is InChI=1S/C8H14N4O4S/c9-5(7(15)16)4-17-11-8-10-1-2-12(8)3-6(13)14/h5H,1-4,9H2,(H,10,11)(H,13,14)(H,15,16)/t5-/m1/s1. The first-order valence-corrected chi connectivity index (χ1v) is 5.84. The number of aliphatic carboxylic acids is 2. The van der Waals surface area contributed by atoms with E-state index in [1.807, 2.05) is 0 Å². The first-order chi connectivity index (χ1) is 8.00. The molecule has 1 aliphatic heterocycles. The quantitative estimate of drug-likeness (QED) is 0.421. The number of hydrogen-bond donors (Lipinski definition) is 4. The molecule has 1 rings (SSSR count). The lowest BCUT2D eigenvalue weighted by Gasteiger charge is -2.14. The number of nitrogens with one attached hydrogen (secondary N) is 1. The van der Waals surface area contributed by atoms with Crippen molar-refractivity contribution in [1.29, 1.82) is 0 Å². The van der Waals surface area contributed by atoms with E-state index >= 15 is 0 Å². The highest BCUT2D eigenvalue weighted by Crippen LogP contribution is 2.07. The molecular formula is C8H14N4O4S. The number of rotatable bonds is 6. The molecule has 1 aliphatic rings. The van der Waals surface area contributed by atoms with E-state index in [1.54, 1.807) is 4.90 Å². The molecule has 9 heteroatoms. The van der Waals surface area contributed by atoms with Crippen LogP contribution in [0.25, 0.3) is 0 Å². The van der Waals surface area contributed by atoms with Gasteiger partial charge in [0.25, 0.3) is 0 Å². The van der Waals surface area contributed by atoms with Gasteiger partial charge in [-0.3, -0.25) is 9.59 Å². The van der Waals surface area contributed by atoms with Gasteiger partial charge in [0.05, 0.1) is 0 Å². The Labute approximate surface area is 102 Å². The molecule has 0 spiro atoms. The van der Waals surface area contributed by atoms with E-state index < -0.39 is 18.0 Å². The maximum absolute atomic E-state index is 10.5. The van der Waals surface area contributed by atoms with E-state index in [-0.39, 0.29) is 12.3 Å². The molecule has 0 radical (unpaired) electrons. The van der Waals surface area contributed by atoms with Crippen LogP contribution in [-0.4, -0.2) is 64.4 Å². The first-order valence-electron chi connectivity index (χ1n) is 4.89. The summed E-state index contributed by atoms with van der Waals surface area (Å²) in [6, 6.07) is -0.973. The number of nitrogens with zero attached hydrogens (tertiary/aromatic N) is 2. The van der Waals surface area contributed by atoms with Crippen LogP contribution >= 0.6 is 11.9 Å². The molecule has 8 nitrogen and oxygen atoms in total. The summed E-state index contributed by atoms with van der Waals surface area (Å²) < 4.78 is 4.02. The van der Waals surface area contributed by atoms with Gasteiger partial charge in [0.15, 0.2) is 0 Å². The van der Waals surface area contributed by atoms with Crippen molar-refractivity contribution in [1.82, 2.24) is 10.2 Å². The number of hydrogen-bond acceptors (Lipinski definition) is 5. The van der Waals surface area contributed by atoms with E-state index in [1.165, 1.54) is 0 Å². The van der Waals surface area contributed by atoms with Crippen LogP contribution in [0, 0.1) is 0 Å². The Kier molecular flexibility index (Phi) is 5.04. The van der Waals surface area contributed by atoms with Crippen molar-refractivity contribution in [3.63, 3.8) is 0 Å². The number of carboxylic acid groups (broad SMARTS) is 2. The zero-order valence-electron chi connectivity index (χ0n) is 9.00. The number of carbonyl (C=O) groups is 2. The average Bonchev–Trinajstić information content (AvgIpc) is 2.64. The monoisotopic (exact) mass is 262 g/mol. The summed E-state index contributed by atoms with van der Waals surface area (Å²) in [4.78, 5) is 22.6. The van der Waals surface area contributed by atoms with Crippen molar-refractivity contribution < 1.29 is 19.8 Å². The topological polar surface area (TPSA) is 128 Å². The summed E-state index contributed by atoms with van der Waals surface area (Å²) in [5.74, 6) is -1.43. The average molecular weight is 262 g/mol. The van der Waals surface area contributed by atoms with Crippen LogP contribution in [0.15, 0.2) is 4.40 Å². The van der Waals surface area contributed by atoms with Crippen LogP contribution < -0.4 is 11.1 Å². The lowest BCUT2D eigenvalue weighted by Crippen LogP contribution is -2.35. The van der Waals surface area contributed by atoms with E-state index in [2.05, 4.69) is 9.71 Å². The molecule has 0 aromatic heterocycles. The van der Waals surface area contributed by atoms with Gasteiger partial charge in [-0.2, -0.15) is 4.40 Å². The van der Waals surface area contributed by atoms with Crippen LogP contribution in [-0.2, 0) is 9.59 Å². The van der Waals surface area contributed by atoms with Gasteiger partial charge < -0.3 is 26.2 Å². The van der Waals surface area contributed by atoms with Gasteiger partial charge in [0, 0.05) is 18.8 Å². The Balaban J connectivity index is 2.42. The third-order valence-corrected chi connectivity index (χ3v) is 2.82. The largest absolute Gasteiger partial charge is 0.480 e. The van der Waals surface area contributed by atoms with Crippen LogP contribution in [0.1, 0.15) is 0 Å². The number of nitrogens with two attached hydrogens (primary N) is 1. The fourth-order valence-electron chi connectivity index (χ4n) is 1.18. The Bertz CT molecular complexity index is 335. The molecule has 0 saturated carbocycles. The maximum atomic E-state index is 10.5. The molecule has 0 amide bonds. The summed E-state index contributed by atoms with van der Waals surface area (Å²) in [6.07, 6.45) is 0. The van der Waals surface area contributed by atoms with Gasteiger partial charge >= 0.3 is 11.9 Å². The van der Waals surface area contributed by atoms with Crippen LogP contribution in [0.2, 0.25) is 0 Å². The molecule has 1 atom stereocenters. The van der Waals surface area contributed by atoms with Gasteiger partial charge in [-0.05, 0) is 11.9 Å². The van der Waals surface area contributed by atoms with E-state index in [9.17, 15) is 9.59 Å². The second kappa shape index (κ2) is 6.30. The highest BCUT2D eigenvalue weighted by molar-refractivity contribution is 7.98. The molecule has 96 valence electrons. The van der Waals surface area contributed by atoms with Crippen LogP contribution in [0.4, 0.5) is 0 Å². The first kappa shape index (κ1) is 13.6. The summed E-state index contributed by atoms with van der Waals surface area (Å²) >= 11 is 1.00. The van der Waals surface area contributed by atoms with Gasteiger partial charge in [-0.15, -0.1) is 0 Å². The van der Waals surface area contributed by atoms with Gasteiger partial charge in [-0.1, -0.05) is 0 Å². The predicted octanol–water partition coefficient (Wildman–Crippen LogP) is -1.61. The molecule has 5 N–H and O–H groups in total. The Morgan fingerprint density at radius 2 is 2.29 bits per heavy atom. The minimum atomic E-state index is -1.08. The Morgan fingerprint density at radius 3 is 2.88 bits per heavy atom. The third-order valence-electron chi connectivity index (χ3n) is 2.01. The normalized spacial score (nSPS) is 19.1. The molecule has 1 saturated heterocycles. The van der Waals surface area contributed by atoms with Crippen LogP contribution in [0.5, 0.6) is 0 Å². The van der Waals surface area contributed by atoms with Gasteiger partial charge in [0.1, 0.15) is 12.6 Å². The third kappa shape index (κ3) is 4.49. The Hall–Kier alpha value is -1.48. The highest BCUT2D eigenvalue weighted by Gasteiger charge is 2.20. The fourth-order valence-corrected chi connectivity index (χ4v) is 1.86. The summed E-state index contributed by atoms with van der Waals surface area (Å²) in [7, 11) is 0. The molecule has 0 aromatic rings. The van der Waals surface area contributed by atoms with Crippen molar-refractivity contribution in [3.05, 3.63) is 0 Å². The van der Waals surface area contributed by atoms with E-state index in [4.69, 9.17) is 15.9 Å². The van der Waals surface area contributed by atoms with Crippen LogP contribution in [0.3, 0.4) is 0 Å². The minimum Gasteiger partial charge on any atom is -0.480 e. The smallest absolute Gasteiger partial charge is 0.323 e. The Morgan fingerprint density at radius 1 is 1.59 bits per heavy atom. The summed E-state index contributed by atoms with van der Waals surface area (Å²) in [6.45, 7) is 1.06. The predicted molar refractivity (Wildman–Crippen MR) is 62.7 cm³/mol. The molecule has 1 heterocycles. The maximum Gasteiger partial charge on any atom is 0.323 e. The van der Waals surface area contributed by atoms with Crippen molar-refractivity contribution in [2.24, 2.45) is 10.1 Å². The van der Waals surface area contributed by atoms with Crippen molar-refractivity contribution in [2.75, 3.05) is 25.4 Å².